The van der Waals surface area contributed by atoms with E-state index in [1.165, 1.54) is 39.0 Å². The fraction of sp³-hybridized carbons (Fsp3) is 1.00. The minimum Gasteiger partial charge on any atom is -0.300 e. The summed E-state index contributed by atoms with van der Waals surface area (Å²) < 4.78 is 0. The van der Waals surface area contributed by atoms with E-state index in [4.69, 9.17) is 0 Å². The van der Waals surface area contributed by atoms with Gasteiger partial charge in [0.2, 0.25) is 0 Å². The molecule has 2 aliphatic rings. The summed E-state index contributed by atoms with van der Waals surface area (Å²) in [6, 6.07) is 0.878. The molecule has 0 aromatic carbocycles. The molecule has 0 saturated carbocycles. The van der Waals surface area contributed by atoms with E-state index in [0.717, 1.165) is 17.9 Å². The van der Waals surface area contributed by atoms with E-state index in [-0.39, 0.29) is 0 Å². The molecule has 0 atom stereocenters. The Morgan fingerprint density at radius 2 is 1.53 bits per heavy atom. The summed E-state index contributed by atoms with van der Waals surface area (Å²) in [6.07, 6.45) is 2.75. The first-order valence-electron chi connectivity index (χ1n) is 7.37. The SMILES string of the molecule is CC(C)C1CN(C2CCN(C(C)(C)C)CC2)C1. The Kier molecular flexibility index (Phi) is 3.84. The van der Waals surface area contributed by atoms with Gasteiger partial charge in [-0.25, -0.2) is 0 Å². The Hall–Kier alpha value is -0.0800. The highest BCUT2D eigenvalue weighted by Gasteiger charge is 2.36. The summed E-state index contributed by atoms with van der Waals surface area (Å²) in [5.74, 6) is 1.84. The van der Waals surface area contributed by atoms with Gasteiger partial charge in [0, 0.05) is 37.8 Å². The van der Waals surface area contributed by atoms with Gasteiger partial charge in [0.1, 0.15) is 0 Å². The fourth-order valence-corrected chi connectivity index (χ4v) is 3.17. The van der Waals surface area contributed by atoms with E-state index < -0.39 is 0 Å². The lowest BCUT2D eigenvalue weighted by molar-refractivity contribution is -0.0124. The van der Waals surface area contributed by atoms with Gasteiger partial charge >= 0.3 is 0 Å². The second-order valence-corrected chi connectivity index (χ2v) is 7.35. The van der Waals surface area contributed by atoms with Gasteiger partial charge in [-0.15, -0.1) is 0 Å². The number of piperidine rings is 1. The van der Waals surface area contributed by atoms with E-state index in [1.807, 2.05) is 0 Å². The average molecular weight is 238 g/mol. The smallest absolute Gasteiger partial charge is 0.0125 e. The first kappa shape index (κ1) is 13.4. The zero-order valence-corrected chi connectivity index (χ0v) is 12.4. The maximum Gasteiger partial charge on any atom is 0.0125 e. The first-order chi connectivity index (χ1) is 7.88. The van der Waals surface area contributed by atoms with Crippen LogP contribution in [0.15, 0.2) is 0 Å². The Labute approximate surface area is 107 Å². The highest BCUT2D eigenvalue weighted by atomic mass is 15.3. The Morgan fingerprint density at radius 1 is 1.00 bits per heavy atom. The van der Waals surface area contributed by atoms with Crippen LogP contribution in [0.5, 0.6) is 0 Å². The maximum atomic E-state index is 2.73. The van der Waals surface area contributed by atoms with Crippen LogP contribution in [0.25, 0.3) is 0 Å². The average Bonchev–Trinajstić information content (AvgIpc) is 2.14. The van der Waals surface area contributed by atoms with Crippen molar-refractivity contribution in [1.29, 1.82) is 0 Å². The van der Waals surface area contributed by atoms with Crippen LogP contribution >= 0.6 is 0 Å². The predicted molar refractivity (Wildman–Crippen MR) is 74.2 cm³/mol. The lowest BCUT2D eigenvalue weighted by Crippen LogP contribution is -2.58. The van der Waals surface area contributed by atoms with Crippen molar-refractivity contribution in [2.24, 2.45) is 11.8 Å². The molecule has 0 spiro atoms. The second kappa shape index (κ2) is 4.89. The van der Waals surface area contributed by atoms with Gasteiger partial charge in [0.15, 0.2) is 0 Å². The quantitative estimate of drug-likeness (QED) is 0.730. The number of rotatable bonds is 2. The first-order valence-corrected chi connectivity index (χ1v) is 7.37. The molecule has 0 bridgehead atoms. The lowest BCUT2D eigenvalue weighted by atomic mass is 9.85. The highest BCUT2D eigenvalue weighted by molar-refractivity contribution is 4.91. The van der Waals surface area contributed by atoms with Crippen molar-refractivity contribution in [3.63, 3.8) is 0 Å². The van der Waals surface area contributed by atoms with Crippen LogP contribution in [0.1, 0.15) is 47.5 Å². The Morgan fingerprint density at radius 3 is 1.94 bits per heavy atom. The van der Waals surface area contributed by atoms with Crippen LogP contribution in [-0.4, -0.2) is 47.6 Å². The number of hydrogen-bond donors (Lipinski definition) is 0. The number of hydrogen-bond acceptors (Lipinski definition) is 2. The lowest BCUT2D eigenvalue weighted by Gasteiger charge is -2.50. The molecule has 0 aromatic rings. The van der Waals surface area contributed by atoms with Gasteiger partial charge in [-0.3, -0.25) is 9.80 Å². The summed E-state index contributed by atoms with van der Waals surface area (Å²) in [4.78, 5) is 5.37. The normalized spacial score (nSPS) is 26.5. The number of nitrogens with zero attached hydrogens (tertiary/aromatic N) is 2. The van der Waals surface area contributed by atoms with Gasteiger partial charge in [-0.05, 0) is 45.4 Å². The van der Waals surface area contributed by atoms with Gasteiger partial charge in [-0.2, -0.15) is 0 Å². The number of likely N-dealkylation sites (tertiary alicyclic amines) is 2. The van der Waals surface area contributed by atoms with Crippen molar-refractivity contribution in [3.8, 4) is 0 Å². The molecule has 2 fully saturated rings. The van der Waals surface area contributed by atoms with E-state index in [0.29, 0.717) is 5.54 Å². The van der Waals surface area contributed by atoms with Crippen LogP contribution in [-0.2, 0) is 0 Å². The van der Waals surface area contributed by atoms with Crippen LogP contribution < -0.4 is 0 Å². The van der Waals surface area contributed by atoms with Crippen molar-refractivity contribution in [2.45, 2.75) is 59.0 Å². The summed E-state index contributed by atoms with van der Waals surface area (Å²) in [5.41, 5.74) is 0.361. The van der Waals surface area contributed by atoms with Crippen molar-refractivity contribution in [2.75, 3.05) is 26.2 Å². The minimum atomic E-state index is 0.361. The standard InChI is InChI=1S/C15H30N2/c1-12(2)13-10-16(11-13)14-6-8-17(9-7-14)15(3,4)5/h12-14H,6-11H2,1-5H3. The van der Waals surface area contributed by atoms with Gasteiger partial charge in [-0.1, -0.05) is 13.8 Å². The van der Waals surface area contributed by atoms with Crippen molar-refractivity contribution < 1.29 is 0 Å². The molecule has 2 rings (SSSR count). The van der Waals surface area contributed by atoms with Crippen LogP contribution in [0.2, 0.25) is 0 Å². The highest BCUT2D eigenvalue weighted by Crippen LogP contribution is 2.30. The van der Waals surface area contributed by atoms with Gasteiger partial charge in [0.05, 0.1) is 0 Å². The summed E-state index contributed by atoms with van der Waals surface area (Å²) >= 11 is 0. The molecule has 0 aromatic heterocycles. The molecule has 2 heteroatoms. The van der Waals surface area contributed by atoms with Gasteiger partial charge < -0.3 is 0 Å². The molecule has 100 valence electrons. The third kappa shape index (κ3) is 3.03. The molecule has 0 aliphatic carbocycles. The largest absolute Gasteiger partial charge is 0.300 e. The van der Waals surface area contributed by atoms with E-state index in [9.17, 15) is 0 Å². The Balaban J connectivity index is 1.74. The molecule has 2 nitrogen and oxygen atoms in total. The molecule has 2 saturated heterocycles. The molecule has 0 radical (unpaired) electrons. The molecule has 0 N–H and O–H groups in total. The van der Waals surface area contributed by atoms with Crippen molar-refractivity contribution in [1.82, 2.24) is 9.80 Å². The monoisotopic (exact) mass is 238 g/mol. The molecular weight excluding hydrogens is 208 g/mol. The molecule has 2 aliphatic heterocycles. The maximum absolute atomic E-state index is 2.73. The zero-order valence-electron chi connectivity index (χ0n) is 12.4. The molecular formula is C15H30N2. The second-order valence-electron chi connectivity index (χ2n) is 7.35. The third-order valence-electron chi connectivity index (χ3n) is 4.81. The molecule has 0 unspecified atom stereocenters. The zero-order chi connectivity index (χ0) is 12.6. The van der Waals surface area contributed by atoms with E-state index in [2.05, 4.69) is 44.4 Å². The minimum absolute atomic E-state index is 0.361. The molecule has 2 heterocycles. The van der Waals surface area contributed by atoms with Crippen LogP contribution in [0.4, 0.5) is 0 Å². The molecule has 0 amide bonds. The van der Waals surface area contributed by atoms with Crippen LogP contribution in [0, 0.1) is 11.8 Å². The predicted octanol–water partition coefficient (Wildman–Crippen LogP) is 2.84. The molecule has 17 heavy (non-hydrogen) atoms. The van der Waals surface area contributed by atoms with Crippen molar-refractivity contribution in [3.05, 3.63) is 0 Å². The third-order valence-corrected chi connectivity index (χ3v) is 4.81. The van der Waals surface area contributed by atoms with Crippen LogP contribution in [0.3, 0.4) is 0 Å². The summed E-state index contributed by atoms with van der Waals surface area (Å²) in [7, 11) is 0. The summed E-state index contributed by atoms with van der Waals surface area (Å²) in [5, 5.41) is 0. The van der Waals surface area contributed by atoms with Crippen molar-refractivity contribution >= 4 is 0 Å². The van der Waals surface area contributed by atoms with E-state index in [1.54, 1.807) is 0 Å². The van der Waals surface area contributed by atoms with Gasteiger partial charge in [0.25, 0.3) is 0 Å². The summed E-state index contributed by atoms with van der Waals surface area (Å²) in [6.45, 7) is 17.0. The fourth-order valence-electron chi connectivity index (χ4n) is 3.17. The topological polar surface area (TPSA) is 6.48 Å². The van der Waals surface area contributed by atoms with E-state index >= 15 is 0 Å². The Bertz CT molecular complexity index is 240.